The first-order valence-corrected chi connectivity index (χ1v) is 7.20. The lowest BCUT2D eigenvalue weighted by Gasteiger charge is -2.13. The Hall–Kier alpha value is -2.25. The third kappa shape index (κ3) is 3.19. The van der Waals surface area contributed by atoms with E-state index in [4.69, 9.17) is 0 Å². The van der Waals surface area contributed by atoms with Gasteiger partial charge < -0.3 is 0 Å². The molecule has 1 N–H and O–H groups in total. The summed E-state index contributed by atoms with van der Waals surface area (Å²) in [5, 5.41) is 13.8. The van der Waals surface area contributed by atoms with Gasteiger partial charge in [-0.1, -0.05) is 28.8 Å². The lowest BCUT2D eigenvalue weighted by atomic mass is 10.2. The monoisotopic (exact) mass is 291 g/mol. The molecule has 0 saturated carbocycles. The third-order valence-corrected chi connectivity index (χ3v) is 3.91. The molecule has 0 atom stereocenters. The lowest BCUT2D eigenvalue weighted by molar-refractivity contribution is -0.000512. The molecular weight excluding hydrogens is 278 g/mol. The molecule has 7 heteroatoms. The summed E-state index contributed by atoms with van der Waals surface area (Å²) in [7, 11) is -3.84. The zero-order valence-corrected chi connectivity index (χ0v) is 11.5. The van der Waals surface area contributed by atoms with Gasteiger partial charge in [0.2, 0.25) is 0 Å². The molecule has 20 heavy (non-hydrogen) atoms. The molecule has 0 aromatic heterocycles. The molecule has 1 aromatic carbocycles. The zero-order valence-electron chi connectivity index (χ0n) is 10.7. The molecule has 104 valence electrons. The number of nitrogens with zero attached hydrogens (tertiary/aromatic N) is 3. The average Bonchev–Trinajstić information content (AvgIpc) is 2.41. The minimum atomic E-state index is -3.84. The van der Waals surface area contributed by atoms with Crippen LogP contribution in [0.15, 0.2) is 75.1 Å². The number of rotatable bonds is 3. The number of benzene rings is 1. The largest absolute Gasteiger partial charge is 0.299 e. The Morgan fingerprint density at radius 3 is 2.70 bits per heavy atom. The topological polar surface area (TPSA) is 82.3 Å². The molecule has 1 heterocycles. The first kappa shape index (κ1) is 14.2. The van der Waals surface area contributed by atoms with Crippen molar-refractivity contribution in [3.8, 4) is 0 Å². The van der Waals surface area contributed by atoms with Crippen molar-refractivity contribution in [2.24, 2.45) is 9.63 Å². The molecule has 0 spiro atoms. The van der Waals surface area contributed by atoms with Crippen LogP contribution in [-0.4, -0.2) is 18.7 Å². The van der Waals surface area contributed by atoms with Crippen molar-refractivity contribution in [3.63, 3.8) is 0 Å². The van der Waals surface area contributed by atoms with Gasteiger partial charge in [0.05, 0.1) is 16.8 Å². The van der Waals surface area contributed by atoms with Crippen molar-refractivity contribution in [2.45, 2.75) is 11.8 Å². The Balaban J connectivity index is 2.23. The van der Waals surface area contributed by atoms with Gasteiger partial charge in [-0.05, 0) is 30.7 Å². The Morgan fingerprint density at radius 1 is 1.25 bits per heavy atom. The molecule has 0 saturated heterocycles. The summed E-state index contributed by atoms with van der Waals surface area (Å²) in [6.07, 6.45) is 7.44. The van der Waals surface area contributed by atoms with Crippen LogP contribution in [0, 0.1) is 6.92 Å². The molecule has 1 aliphatic heterocycles. The predicted octanol–water partition coefficient (Wildman–Crippen LogP) is 2.75. The van der Waals surface area contributed by atoms with Gasteiger partial charge >= 0.3 is 0 Å². The standard InChI is InChI=1S/C13H13N3O3S/c1-11-6-2-3-8-13(11)20(18,19)15-14-10-12-7-4-5-9-16(12)17/h2-10,17H,1H3/b12-10+,15-14?. The normalized spacial score (nSPS) is 17.3. The van der Waals surface area contributed by atoms with Crippen molar-refractivity contribution in [1.82, 2.24) is 5.06 Å². The SMILES string of the molecule is Cc1ccccc1S(=O)(=O)N=N/C=C1\C=CC=CN1O. The molecule has 0 bridgehead atoms. The van der Waals surface area contributed by atoms with Crippen LogP contribution in [0.1, 0.15) is 5.56 Å². The van der Waals surface area contributed by atoms with Gasteiger partial charge in [-0.3, -0.25) is 5.21 Å². The van der Waals surface area contributed by atoms with Gasteiger partial charge in [-0.15, -0.1) is 5.11 Å². The summed E-state index contributed by atoms with van der Waals surface area (Å²) in [6.45, 7) is 1.69. The van der Waals surface area contributed by atoms with E-state index in [1.54, 1.807) is 43.4 Å². The molecule has 6 nitrogen and oxygen atoms in total. The van der Waals surface area contributed by atoms with E-state index in [9.17, 15) is 13.6 Å². The maximum Gasteiger partial charge on any atom is 0.299 e. The Labute approximate surface area is 117 Å². The van der Waals surface area contributed by atoms with Crippen LogP contribution in [0.5, 0.6) is 0 Å². The van der Waals surface area contributed by atoms with E-state index in [-0.39, 0.29) is 4.90 Å². The molecule has 1 aromatic rings. The number of hydrogen-bond donors (Lipinski definition) is 1. The van der Waals surface area contributed by atoms with Crippen molar-refractivity contribution >= 4 is 10.0 Å². The van der Waals surface area contributed by atoms with Crippen molar-refractivity contribution in [2.75, 3.05) is 0 Å². The van der Waals surface area contributed by atoms with Gasteiger partial charge in [0.15, 0.2) is 0 Å². The van der Waals surface area contributed by atoms with E-state index in [0.717, 1.165) is 11.3 Å². The fourth-order valence-corrected chi connectivity index (χ4v) is 2.57. The molecule has 0 amide bonds. The van der Waals surface area contributed by atoms with Crippen molar-refractivity contribution in [1.29, 1.82) is 0 Å². The number of hydroxylamine groups is 2. The van der Waals surface area contributed by atoms with Crippen LogP contribution in [0.25, 0.3) is 0 Å². The van der Waals surface area contributed by atoms with E-state index < -0.39 is 10.0 Å². The highest BCUT2D eigenvalue weighted by Gasteiger charge is 2.14. The number of aryl methyl sites for hydroxylation is 1. The summed E-state index contributed by atoms with van der Waals surface area (Å²) in [5.74, 6) is 0. The second kappa shape index (κ2) is 5.81. The van der Waals surface area contributed by atoms with Gasteiger partial charge in [0.1, 0.15) is 0 Å². The smallest absolute Gasteiger partial charge is 0.284 e. The maximum absolute atomic E-state index is 12.0. The van der Waals surface area contributed by atoms with Crippen LogP contribution in [-0.2, 0) is 10.0 Å². The molecular formula is C13H13N3O3S. The van der Waals surface area contributed by atoms with Crippen LogP contribution in [0.2, 0.25) is 0 Å². The fraction of sp³-hybridized carbons (Fsp3) is 0.0769. The van der Waals surface area contributed by atoms with E-state index in [0.29, 0.717) is 11.3 Å². The van der Waals surface area contributed by atoms with E-state index in [1.165, 1.54) is 12.3 Å². The van der Waals surface area contributed by atoms with E-state index >= 15 is 0 Å². The number of allylic oxidation sites excluding steroid dienone is 3. The van der Waals surface area contributed by atoms with Crippen molar-refractivity contribution < 1.29 is 13.6 Å². The second-order valence-electron chi connectivity index (χ2n) is 4.04. The highest BCUT2D eigenvalue weighted by atomic mass is 32.2. The van der Waals surface area contributed by atoms with Gasteiger partial charge in [0, 0.05) is 6.20 Å². The van der Waals surface area contributed by atoms with Gasteiger partial charge in [-0.2, -0.15) is 8.42 Å². The zero-order chi connectivity index (χ0) is 14.6. The summed E-state index contributed by atoms with van der Waals surface area (Å²) < 4.78 is 27.3. The van der Waals surface area contributed by atoms with Crippen LogP contribution in [0.4, 0.5) is 0 Å². The van der Waals surface area contributed by atoms with Crippen molar-refractivity contribution in [3.05, 3.63) is 66.2 Å². The van der Waals surface area contributed by atoms with Gasteiger partial charge in [-0.25, -0.2) is 5.06 Å². The Bertz CT molecular complexity index is 718. The van der Waals surface area contributed by atoms with Crippen LogP contribution >= 0.6 is 0 Å². The molecule has 0 aliphatic carbocycles. The fourth-order valence-electron chi connectivity index (χ4n) is 1.58. The summed E-state index contributed by atoms with van der Waals surface area (Å²) in [6, 6.07) is 6.53. The first-order valence-electron chi connectivity index (χ1n) is 5.76. The van der Waals surface area contributed by atoms with Crippen LogP contribution < -0.4 is 0 Å². The van der Waals surface area contributed by atoms with Gasteiger partial charge in [0.25, 0.3) is 10.0 Å². The Morgan fingerprint density at radius 2 is 2.00 bits per heavy atom. The molecule has 2 rings (SSSR count). The molecule has 0 unspecified atom stereocenters. The summed E-state index contributed by atoms with van der Waals surface area (Å²) >= 11 is 0. The third-order valence-electron chi connectivity index (χ3n) is 2.59. The highest BCUT2D eigenvalue weighted by Crippen LogP contribution is 2.17. The number of sulfonamides is 1. The molecule has 0 fully saturated rings. The number of hydrogen-bond acceptors (Lipinski definition) is 5. The lowest BCUT2D eigenvalue weighted by Crippen LogP contribution is -2.10. The summed E-state index contributed by atoms with van der Waals surface area (Å²) in [5.41, 5.74) is 0.916. The minimum absolute atomic E-state index is 0.113. The molecule has 1 aliphatic rings. The summed E-state index contributed by atoms with van der Waals surface area (Å²) in [4.78, 5) is 0.113. The van der Waals surface area contributed by atoms with E-state index in [1.807, 2.05) is 0 Å². The minimum Gasteiger partial charge on any atom is -0.284 e. The highest BCUT2D eigenvalue weighted by molar-refractivity contribution is 7.90. The maximum atomic E-state index is 12.0. The van der Waals surface area contributed by atoms with Crippen LogP contribution in [0.3, 0.4) is 0 Å². The second-order valence-corrected chi connectivity index (χ2v) is 5.59. The van der Waals surface area contributed by atoms with E-state index in [2.05, 4.69) is 9.63 Å². The predicted molar refractivity (Wildman–Crippen MR) is 73.2 cm³/mol. The Kier molecular flexibility index (Phi) is 4.11. The molecule has 0 radical (unpaired) electrons. The average molecular weight is 291 g/mol. The quantitative estimate of drug-likeness (QED) is 0.868. The first-order chi connectivity index (χ1) is 9.50.